The van der Waals surface area contributed by atoms with E-state index in [4.69, 9.17) is 5.11 Å². The van der Waals surface area contributed by atoms with Crippen molar-refractivity contribution in [2.24, 2.45) is 7.05 Å². The number of carbonyl (C=O) groups is 1. The Balaban J connectivity index is 2.20. The van der Waals surface area contributed by atoms with Gasteiger partial charge in [-0.05, 0) is 19.8 Å². The Kier molecular flexibility index (Phi) is 4.61. The number of rotatable bonds is 6. The predicted octanol–water partition coefficient (Wildman–Crippen LogP) is 1.47. The fourth-order valence-electron chi connectivity index (χ4n) is 1.06. The number of aliphatic carboxylic acids is 1. The number of nitrogens with zero attached hydrogens (tertiary/aromatic N) is 3. The van der Waals surface area contributed by atoms with E-state index < -0.39 is 5.97 Å². The zero-order valence-electron chi connectivity index (χ0n) is 8.93. The Morgan fingerprint density at radius 1 is 1.47 bits per heavy atom. The zero-order chi connectivity index (χ0) is 11.3. The van der Waals surface area contributed by atoms with E-state index >= 15 is 0 Å². The molecule has 1 aromatic heterocycles. The van der Waals surface area contributed by atoms with Crippen LogP contribution in [0.1, 0.15) is 25.1 Å². The van der Waals surface area contributed by atoms with Gasteiger partial charge in [0.2, 0.25) is 0 Å². The van der Waals surface area contributed by atoms with Crippen molar-refractivity contribution >= 4 is 17.7 Å². The molecule has 0 saturated carbocycles. The zero-order valence-corrected chi connectivity index (χ0v) is 9.75. The molecule has 0 aliphatic heterocycles. The molecule has 0 amide bonds. The van der Waals surface area contributed by atoms with Crippen molar-refractivity contribution in [2.45, 2.75) is 31.3 Å². The fourth-order valence-corrected chi connectivity index (χ4v) is 2.01. The van der Waals surface area contributed by atoms with Crippen LogP contribution < -0.4 is 0 Å². The number of thioether (sulfide) groups is 1. The quantitative estimate of drug-likeness (QED) is 0.591. The Morgan fingerprint density at radius 3 is 2.73 bits per heavy atom. The summed E-state index contributed by atoms with van der Waals surface area (Å²) >= 11 is 1.62. The van der Waals surface area contributed by atoms with Crippen LogP contribution in [0.25, 0.3) is 0 Å². The van der Waals surface area contributed by atoms with E-state index in [0.29, 0.717) is 0 Å². The molecule has 5 nitrogen and oxygen atoms in total. The minimum atomic E-state index is -0.727. The van der Waals surface area contributed by atoms with Gasteiger partial charge in [0.15, 0.2) is 5.16 Å². The fraction of sp³-hybridized carbons (Fsp3) is 0.667. The molecular formula is C9H15N3O2S. The number of hydrogen-bond acceptors (Lipinski definition) is 4. The molecule has 84 valence electrons. The van der Waals surface area contributed by atoms with Crippen molar-refractivity contribution in [1.29, 1.82) is 0 Å². The summed E-state index contributed by atoms with van der Waals surface area (Å²) < 4.78 is 1.93. The van der Waals surface area contributed by atoms with E-state index in [1.54, 1.807) is 11.8 Å². The molecule has 0 unspecified atom stereocenters. The highest BCUT2D eigenvalue weighted by molar-refractivity contribution is 7.99. The van der Waals surface area contributed by atoms with Crippen molar-refractivity contribution in [2.75, 3.05) is 5.75 Å². The lowest BCUT2D eigenvalue weighted by Gasteiger charge is -2.00. The number of hydrogen-bond donors (Lipinski definition) is 1. The minimum absolute atomic E-state index is 0.248. The third-order valence-electron chi connectivity index (χ3n) is 2.07. The molecular weight excluding hydrogens is 214 g/mol. The molecule has 0 atom stereocenters. The van der Waals surface area contributed by atoms with Gasteiger partial charge in [-0.1, -0.05) is 11.8 Å². The van der Waals surface area contributed by atoms with Crippen molar-refractivity contribution in [1.82, 2.24) is 14.8 Å². The molecule has 0 radical (unpaired) electrons. The summed E-state index contributed by atoms with van der Waals surface area (Å²) in [5, 5.41) is 17.3. The van der Waals surface area contributed by atoms with E-state index in [2.05, 4.69) is 10.2 Å². The molecule has 1 N–H and O–H groups in total. The molecule has 1 heterocycles. The molecule has 0 spiro atoms. The SMILES string of the molecule is Cc1nnc(SCCCCC(=O)O)n1C. The molecule has 1 rings (SSSR count). The number of aryl methyl sites for hydroxylation is 1. The maximum Gasteiger partial charge on any atom is 0.303 e. The number of carboxylic acids is 1. The molecule has 6 heteroatoms. The molecule has 0 saturated heterocycles. The summed E-state index contributed by atoms with van der Waals surface area (Å²) in [5.74, 6) is 1.05. The second kappa shape index (κ2) is 5.75. The van der Waals surface area contributed by atoms with Gasteiger partial charge < -0.3 is 9.67 Å². The van der Waals surface area contributed by atoms with Gasteiger partial charge in [-0.15, -0.1) is 10.2 Å². The van der Waals surface area contributed by atoms with Crippen LogP contribution in [0, 0.1) is 6.92 Å². The molecule has 0 bridgehead atoms. The summed E-state index contributed by atoms with van der Waals surface area (Å²) in [5.41, 5.74) is 0. The number of unbranched alkanes of at least 4 members (excludes halogenated alkanes) is 1. The van der Waals surface area contributed by atoms with E-state index in [1.807, 2.05) is 18.5 Å². The topological polar surface area (TPSA) is 68.0 Å². The van der Waals surface area contributed by atoms with Crippen molar-refractivity contribution in [3.63, 3.8) is 0 Å². The number of aromatic nitrogens is 3. The Hall–Kier alpha value is -1.04. The highest BCUT2D eigenvalue weighted by Crippen LogP contribution is 2.17. The average molecular weight is 229 g/mol. The maximum atomic E-state index is 10.3. The first-order valence-corrected chi connectivity index (χ1v) is 5.80. The van der Waals surface area contributed by atoms with Crippen LogP contribution in [0.4, 0.5) is 0 Å². The van der Waals surface area contributed by atoms with Gasteiger partial charge in [0.1, 0.15) is 5.82 Å². The maximum absolute atomic E-state index is 10.3. The first kappa shape index (κ1) is 12.0. The van der Waals surface area contributed by atoms with Crippen LogP contribution in [-0.4, -0.2) is 31.6 Å². The first-order valence-electron chi connectivity index (χ1n) is 4.82. The van der Waals surface area contributed by atoms with E-state index in [1.165, 1.54) is 0 Å². The molecule has 0 aliphatic carbocycles. The molecule has 15 heavy (non-hydrogen) atoms. The lowest BCUT2D eigenvalue weighted by atomic mass is 10.3. The standard InChI is InChI=1S/C9H15N3O2S/c1-7-10-11-9(12(7)2)15-6-4-3-5-8(13)14/h3-6H2,1-2H3,(H,13,14). The van der Waals surface area contributed by atoms with E-state index in [9.17, 15) is 4.79 Å². The second-order valence-electron chi connectivity index (χ2n) is 3.29. The number of carboxylic acid groups (broad SMARTS) is 1. The summed E-state index contributed by atoms with van der Waals surface area (Å²) in [7, 11) is 1.93. The molecule has 0 fully saturated rings. The van der Waals surface area contributed by atoms with Crippen LogP contribution in [0.5, 0.6) is 0 Å². The van der Waals surface area contributed by atoms with Gasteiger partial charge in [0, 0.05) is 19.2 Å². The molecule has 0 aromatic carbocycles. The lowest BCUT2D eigenvalue weighted by Crippen LogP contribution is -1.96. The van der Waals surface area contributed by atoms with Crippen LogP contribution in [-0.2, 0) is 11.8 Å². The van der Waals surface area contributed by atoms with Gasteiger partial charge in [-0.25, -0.2) is 0 Å². The van der Waals surface area contributed by atoms with Crippen molar-refractivity contribution in [3.05, 3.63) is 5.82 Å². The Labute approximate surface area is 92.9 Å². The highest BCUT2D eigenvalue weighted by Gasteiger charge is 2.04. The van der Waals surface area contributed by atoms with Gasteiger partial charge >= 0.3 is 5.97 Å². The predicted molar refractivity (Wildman–Crippen MR) is 58.0 cm³/mol. The Morgan fingerprint density at radius 2 is 2.20 bits per heavy atom. The third kappa shape index (κ3) is 3.91. The Bertz CT molecular complexity index is 338. The van der Waals surface area contributed by atoms with Crippen molar-refractivity contribution in [3.8, 4) is 0 Å². The monoisotopic (exact) mass is 229 g/mol. The summed E-state index contributed by atoms with van der Waals surface area (Å²) in [6, 6.07) is 0. The third-order valence-corrected chi connectivity index (χ3v) is 3.18. The largest absolute Gasteiger partial charge is 0.481 e. The van der Waals surface area contributed by atoms with Gasteiger partial charge in [0.25, 0.3) is 0 Å². The normalized spacial score (nSPS) is 10.5. The summed E-state index contributed by atoms with van der Waals surface area (Å²) in [4.78, 5) is 10.3. The highest BCUT2D eigenvalue weighted by atomic mass is 32.2. The minimum Gasteiger partial charge on any atom is -0.481 e. The van der Waals surface area contributed by atoms with Crippen LogP contribution >= 0.6 is 11.8 Å². The van der Waals surface area contributed by atoms with E-state index in [0.717, 1.165) is 29.6 Å². The first-order chi connectivity index (χ1) is 7.11. The van der Waals surface area contributed by atoms with Gasteiger partial charge in [0.05, 0.1) is 0 Å². The van der Waals surface area contributed by atoms with Crippen molar-refractivity contribution < 1.29 is 9.90 Å². The second-order valence-corrected chi connectivity index (χ2v) is 4.35. The lowest BCUT2D eigenvalue weighted by molar-refractivity contribution is -0.137. The smallest absolute Gasteiger partial charge is 0.303 e. The summed E-state index contributed by atoms with van der Waals surface area (Å²) in [6.07, 6.45) is 1.86. The average Bonchev–Trinajstić information content (AvgIpc) is 2.48. The van der Waals surface area contributed by atoms with Crippen LogP contribution in [0.3, 0.4) is 0 Å². The molecule has 1 aromatic rings. The van der Waals surface area contributed by atoms with E-state index in [-0.39, 0.29) is 6.42 Å². The van der Waals surface area contributed by atoms with Gasteiger partial charge in [-0.3, -0.25) is 4.79 Å². The van der Waals surface area contributed by atoms with Crippen LogP contribution in [0.2, 0.25) is 0 Å². The molecule has 0 aliphatic rings. The van der Waals surface area contributed by atoms with Gasteiger partial charge in [-0.2, -0.15) is 0 Å². The summed E-state index contributed by atoms with van der Waals surface area (Å²) in [6.45, 7) is 1.90. The van der Waals surface area contributed by atoms with Crippen LogP contribution in [0.15, 0.2) is 5.16 Å².